The van der Waals surface area contributed by atoms with Gasteiger partial charge in [-0.3, -0.25) is 10.1 Å². The molecule has 1 aliphatic rings. The highest BCUT2D eigenvalue weighted by Gasteiger charge is 2.34. The van der Waals surface area contributed by atoms with E-state index in [2.05, 4.69) is 47.8 Å². The van der Waals surface area contributed by atoms with Gasteiger partial charge in [0.25, 0.3) is 5.91 Å². The van der Waals surface area contributed by atoms with Gasteiger partial charge in [0.05, 0.1) is 12.7 Å². The predicted molar refractivity (Wildman–Crippen MR) is 151 cm³/mol. The number of rotatable bonds is 7. The molecule has 0 bridgehead atoms. The van der Waals surface area contributed by atoms with Gasteiger partial charge in [-0.05, 0) is 60.7 Å². The molecule has 1 fully saturated rings. The first-order chi connectivity index (χ1) is 20.9. The SMILES string of the molecule is COc1c(-c2nc3cc(NC(=O)OF)ccc3o2)ccnc1C(=O)N1CCC(C(c2ccccc2)n2nnc(C)n2)CC1. The number of aromatic nitrogens is 6. The minimum atomic E-state index is -1.26. The first-order valence-electron chi connectivity index (χ1n) is 13.6. The molecule has 1 atom stereocenters. The van der Waals surface area contributed by atoms with Crippen LogP contribution in [0.5, 0.6) is 5.75 Å². The average Bonchev–Trinajstić information content (AvgIpc) is 3.67. The molecular formula is C29H27FN8O5. The Kier molecular flexibility index (Phi) is 7.64. The van der Waals surface area contributed by atoms with E-state index in [9.17, 15) is 14.1 Å². The van der Waals surface area contributed by atoms with Crippen molar-refractivity contribution in [2.45, 2.75) is 25.8 Å². The minimum absolute atomic E-state index is 0.104. The molecule has 13 nitrogen and oxygen atoms in total. The van der Waals surface area contributed by atoms with E-state index in [0.29, 0.717) is 35.6 Å². The number of oxazole rings is 1. The maximum atomic E-state index is 13.7. The molecule has 1 unspecified atom stereocenters. The van der Waals surface area contributed by atoms with Crippen LogP contribution in [0.25, 0.3) is 22.6 Å². The lowest BCUT2D eigenvalue weighted by molar-refractivity contribution is -0.0544. The number of nitrogens with one attached hydrogen (secondary N) is 1. The maximum Gasteiger partial charge on any atom is 0.449 e. The summed E-state index contributed by atoms with van der Waals surface area (Å²) in [6.45, 7) is 2.83. The van der Waals surface area contributed by atoms with Crippen LogP contribution in [0.4, 0.5) is 15.0 Å². The monoisotopic (exact) mass is 586 g/mol. The summed E-state index contributed by atoms with van der Waals surface area (Å²) in [6.07, 6.45) is 1.70. The fourth-order valence-corrected chi connectivity index (χ4v) is 5.46. The smallest absolute Gasteiger partial charge is 0.449 e. The highest BCUT2D eigenvalue weighted by Crippen LogP contribution is 2.37. The second kappa shape index (κ2) is 11.8. The number of fused-ring (bicyclic) bond motifs is 1. The summed E-state index contributed by atoms with van der Waals surface area (Å²) in [5.74, 6) is 0.935. The van der Waals surface area contributed by atoms with Gasteiger partial charge in [0.1, 0.15) is 11.6 Å². The largest absolute Gasteiger partial charge is 0.493 e. The lowest BCUT2D eigenvalue weighted by atomic mass is 9.85. The van der Waals surface area contributed by atoms with Crippen molar-refractivity contribution in [1.29, 1.82) is 0 Å². The van der Waals surface area contributed by atoms with Crippen LogP contribution in [0, 0.1) is 12.8 Å². The lowest BCUT2D eigenvalue weighted by Gasteiger charge is -2.35. The van der Waals surface area contributed by atoms with E-state index in [1.165, 1.54) is 25.4 Å². The van der Waals surface area contributed by atoms with Crippen LogP contribution in [0.1, 0.15) is 40.8 Å². The first kappa shape index (κ1) is 27.8. The summed E-state index contributed by atoms with van der Waals surface area (Å²) < 4.78 is 23.7. The Morgan fingerprint density at radius 2 is 1.91 bits per heavy atom. The zero-order valence-corrected chi connectivity index (χ0v) is 23.3. The normalized spacial score (nSPS) is 14.4. The molecule has 43 heavy (non-hydrogen) atoms. The fraction of sp³-hybridized carbons (Fsp3) is 0.276. The summed E-state index contributed by atoms with van der Waals surface area (Å²) in [4.78, 5) is 40.4. The summed E-state index contributed by atoms with van der Waals surface area (Å²) in [5, 5.41) is 15.1. The number of nitrogens with zero attached hydrogens (tertiary/aromatic N) is 7. The van der Waals surface area contributed by atoms with Crippen molar-refractivity contribution in [3.8, 4) is 17.2 Å². The van der Waals surface area contributed by atoms with E-state index in [0.717, 1.165) is 18.4 Å². The topological polar surface area (TPSA) is 150 Å². The van der Waals surface area contributed by atoms with Crippen molar-refractivity contribution in [3.05, 3.63) is 77.9 Å². The van der Waals surface area contributed by atoms with Gasteiger partial charge in [0, 0.05) is 29.5 Å². The molecule has 14 heteroatoms. The zero-order valence-electron chi connectivity index (χ0n) is 23.3. The second-order valence-corrected chi connectivity index (χ2v) is 10.1. The molecule has 5 aromatic rings. The third kappa shape index (κ3) is 5.58. The third-order valence-corrected chi connectivity index (χ3v) is 7.44. The number of halogens is 1. The number of ether oxygens (including phenoxy) is 1. The van der Waals surface area contributed by atoms with E-state index < -0.39 is 6.09 Å². The van der Waals surface area contributed by atoms with Gasteiger partial charge in [-0.15, -0.1) is 10.2 Å². The summed E-state index contributed by atoms with van der Waals surface area (Å²) in [6, 6.07) is 16.2. The average molecular weight is 587 g/mol. The number of amides is 2. The van der Waals surface area contributed by atoms with E-state index >= 15 is 0 Å². The van der Waals surface area contributed by atoms with Gasteiger partial charge in [0.2, 0.25) is 5.89 Å². The molecule has 0 spiro atoms. The maximum absolute atomic E-state index is 13.7. The molecule has 1 saturated heterocycles. The Morgan fingerprint density at radius 3 is 2.60 bits per heavy atom. The van der Waals surface area contributed by atoms with Crippen LogP contribution < -0.4 is 10.1 Å². The molecule has 2 amide bonds. The standard InChI is InChI=1S/C29H27FN8O5/c1-17-34-36-38(35-17)25(18-6-4-3-5-7-18)19-11-14-37(15-12-19)28(39)24-26(41-2)21(10-13-31-24)27-33-22-16-20(32-29(40)43-30)8-9-23(22)42-27/h3-10,13,16,19,25H,11-12,14-15H2,1-2H3,(H,32,40). The number of likely N-dealkylation sites (tertiary alicyclic amines) is 1. The van der Waals surface area contributed by atoms with Gasteiger partial charge in [-0.2, -0.15) is 4.80 Å². The van der Waals surface area contributed by atoms with Crippen LogP contribution in [-0.4, -0.2) is 67.3 Å². The van der Waals surface area contributed by atoms with Gasteiger partial charge in [-0.25, -0.2) is 19.7 Å². The van der Waals surface area contributed by atoms with Gasteiger partial charge < -0.3 is 14.1 Å². The zero-order chi connectivity index (χ0) is 29.9. The quantitative estimate of drug-likeness (QED) is 0.282. The second-order valence-electron chi connectivity index (χ2n) is 10.1. The molecule has 3 aromatic heterocycles. The lowest BCUT2D eigenvalue weighted by Crippen LogP contribution is -2.41. The van der Waals surface area contributed by atoms with E-state index in [1.54, 1.807) is 21.8 Å². The summed E-state index contributed by atoms with van der Waals surface area (Å²) >= 11 is 0. The Labute approximate surface area is 244 Å². The number of benzene rings is 2. The number of methoxy groups -OCH3 is 1. The number of anilines is 1. The number of tetrazole rings is 1. The highest BCUT2D eigenvalue weighted by atomic mass is 19.3. The van der Waals surface area contributed by atoms with Crippen LogP contribution in [-0.2, 0) is 4.94 Å². The van der Waals surface area contributed by atoms with Crippen molar-refractivity contribution in [3.63, 3.8) is 0 Å². The summed E-state index contributed by atoms with van der Waals surface area (Å²) in [5.41, 5.74) is 2.73. The molecular weight excluding hydrogens is 559 g/mol. The Balaban J connectivity index is 1.22. The minimum Gasteiger partial charge on any atom is -0.493 e. The van der Waals surface area contributed by atoms with Crippen molar-refractivity contribution in [1.82, 2.24) is 35.1 Å². The number of hydrogen-bond donors (Lipinski definition) is 1. The van der Waals surface area contributed by atoms with Crippen LogP contribution in [0.15, 0.2) is 65.2 Å². The molecule has 2 aromatic carbocycles. The van der Waals surface area contributed by atoms with Gasteiger partial charge >= 0.3 is 6.09 Å². The van der Waals surface area contributed by atoms with E-state index in [1.807, 2.05) is 25.1 Å². The van der Waals surface area contributed by atoms with Crippen molar-refractivity contribution in [2.24, 2.45) is 5.92 Å². The molecule has 220 valence electrons. The molecule has 0 aliphatic carbocycles. The van der Waals surface area contributed by atoms with E-state index in [4.69, 9.17) is 9.15 Å². The van der Waals surface area contributed by atoms with Crippen LogP contribution in [0.2, 0.25) is 0 Å². The number of aryl methyl sites for hydroxylation is 1. The van der Waals surface area contributed by atoms with Crippen molar-refractivity contribution >= 4 is 28.8 Å². The van der Waals surface area contributed by atoms with Gasteiger partial charge in [0.15, 0.2) is 22.9 Å². The van der Waals surface area contributed by atoms with Crippen molar-refractivity contribution in [2.75, 3.05) is 25.5 Å². The molecule has 0 saturated carbocycles. The number of piperidine rings is 1. The predicted octanol–water partition coefficient (Wildman–Crippen LogP) is 4.77. The molecule has 0 radical (unpaired) electrons. The van der Waals surface area contributed by atoms with Crippen LogP contribution >= 0.6 is 0 Å². The summed E-state index contributed by atoms with van der Waals surface area (Å²) in [7, 11) is 1.45. The Bertz CT molecular complexity index is 1770. The number of hydrogen-bond acceptors (Lipinski definition) is 10. The van der Waals surface area contributed by atoms with Crippen LogP contribution in [0.3, 0.4) is 0 Å². The fourth-order valence-electron chi connectivity index (χ4n) is 5.46. The number of carbonyl (C=O) groups excluding carboxylic acids is 2. The Hall–Kier alpha value is -5.40. The molecule has 1 N–H and O–H groups in total. The number of pyridine rings is 1. The Morgan fingerprint density at radius 1 is 1.12 bits per heavy atom. The number of carbonyl (C=O) groups is 2. The van der Waals surface area contributed by atoms with Crippen molar-refractivity contribution < 1.29 is 28.2 Å². The first-order valence-corrected chi connectivity index (χ1v) is 13.6. The molecule has 1 aliphatic heterocycles. The molecule has 4 heterocycles. The van der Waals surface area contributed by atoms with Gasteiger partial charge in [-0.1, -0.05) is 30.3 Å². The van der Waals surface area contributed by atoms with E-state index in [-0.39, 0.29) is 40.9 Å². The molecule has 6 rings (SSSR count). The highest BCUT2D eigenvalue weighted by molar-refractivity contribution is 5.97. The third-order valence-electron chi connectivity index (χ3n) is 7.44.